The Morgan fingerprint density at radius 3 is 2.53 bits per heavy atom. The zero-order valence-electron chi connectivity index (χ0n) is 8.56. The second-order valence-corrected chi connectivity index (χ2v) is 4.56. The summed E-state index contributed by atoms with van der Waals surface area (Å²) in [6.07, 6.45) is 1.05. The number of hydrogen-bond donors (Lipinski definition) is 1. The van der Waals surface area contributed by atoms with E-state index in [2.05, 4.69) is 0 Å². The number of carbonyl (C=O) groups excluding carboxylic acids is 2. The Morgan fingerprint density at radius 1 is 1.53 bits per heavy atom. The third-order valence-electron chi connectivity index (χ3n) is 3.07. The molecule has 3 atom stereocenters. The molecule has 1 aliphatic carbocycles. The van der Waals surface area contributed by atoms with Crippen LogP contribution in [0.25, 0.3) is 0 Å². The number of carbonyl (C=O) groups is 2. The van der Waals surface area contributed by atoms with Crippen LogP contribution in [0, 0.1) is 23.2 Å². The van der Waals surface area contributed by atoms with Gasteiger partial charge in [0.25, 0.3) is 0 Å². The highest BCUT2D eigenvalue weighted by molar-refractivity contribution is 6.08. The van der Waals surface area contributed by atoms with E-state index < -0.39 is 5.54 Å². The zero-order chi connectivity index (χ0) is 11.2. The first kappa shape index (κ1) is 10.1. The van der Waals surface area contributed by atoms with E-state index in [9.17, 15) is 9.59 Å². The molecule has 2 amide bonds. The van der Waals surface area contributed by atoms with Gasteiger partial charge in [0.1, 0.15) is 5.54 Å². The summed E-state index contributed by atoms with van der Waals surface area (Å²) < 4.78 is 0. The van der Waals surface area contributed by atoms with Crippen molar-refractivity contribution < 1.29 is 9.59 Å². The van der Waals surface area contributed by atoms with Gasteiger partial charge in [-0.1, -0.05) is 0 Å². The van der Waals surface area contributed by atoms with Crippen LogP contribution in [0.3, 0.4) is 0 Å². The van der Waals surface area contributed by atoms with Crippen LogP contribution in [0.15, 0.2) is 0 Å². The highest BCUT2D eigenvalue weighted by Crippen LogP contribution is 2.46. The lowest BCUT2D eigenvalue weighted by Gasteiger charge is -2.21. The van der Waals surface area contributed by atoms with Gasteiger partial charge in [0.05, 0.1) is 17.9 Å². The number of imide groups is 1. The van der Waals surface area contributed by atoms with E-state index in [1.165, 1.54) is 4.90 Å². The fourth-order valence-corrected chi connectivity index (χ4v) is 1.87. The fraction of sp³-hybridized carbons (Fsp3) is 0.700. The number of amides is 2. The lowest BCUT2D eigenvalue weighted by molar-refractivity contribution is -0.141. The molecule has 0 aromatic carbocycles. The van der Waals surface area contributed by atoms with E-state index in [0.717, 1.165) is 0 Å². The molecule has 5 heteroatoms. The molecular formula is C10H13N3O2. The average Bonchev–Trinajstić information content (AvgIpc) is 2.92. The monoisotopic (exact) mass is 207 g/mol. The van der Waals surface area contributed by atoms with Crippen molar-refractivity contribution >= 4 is 11.8 Å². The molecule has 2 fully saturated rings. The standard InChI is InChI=1S/C10H13N3O2/c1-10(12,5-11)2-3-13-8(14)6-4-7(6)9(13)15/h6-7H,2-4,12H2,1H3. The summed E-state index contributed by atoms with van der Waals surface area (Å²) in [6, 6.07) is 1.95. The van der Waals surface area contributed by atoms with Crippen LogP contribution in [0.5, 0.6) is 0 Å². The van der Waals surface area contributed by atoms with E-state index in [1.54, 1.807) is 6.92 Å². The predicted molar refractivity (Wildman–Crippen MR) is 51.1 cm³/mol. The summed E-state index contributed by atoms with van der Waals surface area (Å²) in [5.74, 6) is -0.301. The van der Waals surface area contributed by atoms with Crippen LogP contribution in [-0.2, 0) is 9.59 Å². The van der Waals surface area contributed by atoms with Crippen molar-refractivity contribution in [3.05, 3.63) is 0 Å². The molecule has 0 aromatic heterocycles. The van der Waals surface area contributed by atoms with E-state index in [1.807, 2.05) is 6.07 Å². The van der Waals surface area contributed by atoms with Crippen LogP contribution in [-0.4, -0.2) is 28.8 Å². The number of fused-ring (bicyclic) bond motifs is 1. The number of hydrogen-bond acceptors (Lipinski definition) is 4. The highest BCUT2D eigenvalue weighted by Gasteiger charge is 2.58. The van der Waals surface area contributed by atoms with Crippen LogP contribution >= 0.6 is 0 Å². The molecule has 3 unspecified atom stereocenters. The van der Waals surface area contributed by atoms with Crippen LogP contribution < -0.4 is 5.73 Å². The van der Waals surface area contributed by atoms with Crippen molar-refractivity contribution in [2.75, 3.05) is 6.54 Å². The number of nitrogens with zero attached hydrogens (tertiary/aromatic N) is 2. The van der Waals surface area contributed by atoms with Crippen molar-refractivity contribution in [3.63, 3.8) is 0 Å². The molecule has 1 heterocycles. The Kier molecular flexibility index (Phi) is 2.05. The second kappa shape index (κ2) is 3.04. The van der Waals surface area contributed by atoms with Gasteiger partial charge in [-0.25, -0.2) is 0 Å². The van der Waals surface area contributed by atoms with Crippen molar-refractivity contribution in [3.8, 4) is 6.07 Å². The van der Waals surface area contributed by atoms with Crippen molar-refractivity contribution in [1.29, 1.82) is 5.26 Å². The van der Waals surface area contributed by atoms with E-state index in [4.69, 9.17) is 11.0 Å². The molecule has 0 spiro atoms. The molecule has 1 saturated carbocycles. The highest BCUT2D eigenvalue weighted by atomic mass is 16.2. The largest absolute Gasteiger partial charge is 0.314 e. The summed E-state index contributed by atoms with van der Waals surface area (Å²) in [7, 11) is 0. The van der Waals surface area contributed by atoms with Crippen molar-refractivity contribution in [2.24, 2.45) is 17.6 Å². The number of nitriles is 1. The lowest BCUT2D eigenvalue weighted by Crippen LogP contribution is -2.41. The van der Waals surface area contributed by atoms with Gasteiger partial charge in [-0.05, 0) is 19.8 Å². The lowest BCUT2D eigenvalue weighted by atomic mass is 10.0. The third-order valence-corrected chi connectivity index (χ3v) is 3.07. The molecule has 15 heavy (non-hydrogen) atoms. The van der Waals surface area contributed by atoms with Gasteiger partial charge in [0.15, 0.2) is 0 Å². The molecule has 2 rings (SSSR count). The first-order chi connectivity index (χ1) is 6.96. The topological polar surface area (TPSA) is 87.2 Å². The van der Waals surface area contributed by atoms with Crippen LogP contribution in [0.1, 0.15) is 19.8 Å². The maximum absolute atomic E-state index is 11.5. The first-order valence-electron chi connectivity index (χ1n) is 5.01. The molecular weight excluding hydrogens is 194 g/mol. The van der Waals surface area contributed by atoms with E-state index in [0.29, 0.717) is 12.8 Å². The van der Waals surface area contributed by atoms with E-state index >= 15 is 0 Å². The Labute approximate surface area is 87.8 Å². The van der Waals surface area contributed by atoms with Gasteiger partial charge < -0.3 is 5.73 Å². The molecule has 0 radical (unpaired) electrons. The maximum Gasteiger partial charge on any atom is 0.233 e. The summed E-state index contributed by atoms with van der Waals surface area (Å²) >= 11 is 0. The van der Waals surface area contributed by atoms with Gasteiger partial charge in [0, 0.05) is 6.54 Å². The fourth-order valence-electron chi connectivity index (χ4n) is 1.87. The minimum absolute atomic E-state index is 0.0661. The molecule has 1 aliphatic heterocycles. The molecule has 80 valence electrons. The zero-order valence-corrected chi connectivity index (χ0v) is 8.56. The van der Waals surface area contributed by atoms with Crippen molar-refractivity contribution in [2.45, 2.75) is 25.3 Å². The SMILES string of the molecule is CC(N)(C#N)CCN1C(=O)C2CC2C1=O. The van der Waals surface area contributed by atoms with Crippen LogP contribution in [0.4, 0.5) is 0 Å². The minimum Gasteiger partial charge on any atom is -0.314 e. The van der Waals surface area contributed by atoms with Crippen LogP contribution in [0.2, 0.25) is 0 Å². The summed E-state index contributed by atoms with van der Waals surface area (Å²) in [4.78, 5) is 24.3. The molecule has 1 saturated heterocycles. The maximum atomic E-state index is 11.5. The smallest absolute Gasteiger partial charge is 0.233 e. The summed E-state index contributed by atoms with van der Waals surface area (Å²) in [5, 5.41) is 8.70. The number of likely N-dealkylation sites (tertiary alicyclic amines) is 1. The van der Waals surface area contributed by atoms with Gasteiger partial charge in [0.2, 0.25) is 11.8 Å². The minimum atomic E-state index is -0.965. The number of piperidine rings is 1. The van der Waals surface area contributed by atoms with E-state index in [-0.39, 0.29) is 30.2 Å². The van der Waals surface area contributed by atoms with Gasteiger partial charge >= 0.3 is 0 Å². The molecule has 2 N–H and O–H groups in total. The molecule has 2 aliphatic rings. The Morgan fingerprint density at radius 2 is 2.07 bits per heavy atom. The van der Waals surface area contributed by atoms with Crippen molar-refractivity contribution in [1.82, 2.24) is 4.90 Å². The average molecular weight is 207 g/mol. The van der Waals surface area contributed by atoms with Gasteiger partial charge in [-0.15, -0.1) is 0 Å². The van der Waals surface area contributed by atoms with Gasteiger partial charge in [-0.2, -0.15) is 5.26 Å². The first-order valence-corrected chi connectivity index (χ1v) is 5.01. The third kappa shape index (κ3) is 1.61. The number of nitrogens with two attached hydrogens (primary N) is 1. The van der Waals surface area contributed by atoms with Gasteiger partial charge in [-0.3, -0.25) is 14.5 Å². The number of rotatable bonds is 3. The Balaban J connectivity index is 1.94. The molecule has 0 bridgehead atoms. The predicted octanol–water partition coefficient (Wildman–Crippen LogP) is -0.378. The normalized spacial score (nSPS) is 32.2. The molecule has 0 aromatic rings. The Hall–Kier alpha value is -1.41. The quantitative estimate of drug-likeness (QED) is 0.639. The summed E-state index contributed by atoms with van der Waals surface area (Å²) in [5.41, 5.74) is 4.66. The second-order valence-electron chi connectivity index (χ2n) is 4.56. The molecule has 5 nitrogen and oxygen atoms in total. The summed E-state index contributed by atoms with van der Waals surface area (Å²) in [6.45, 7) is 1.87. The Bertz CT molecular complexity index is 349.